The maximum Gasteiger partial charge on any atom is 0.408 e. The number of carboxylic acid groups (broad SMARTS) is 1. The highest BCUT2D eigenvalue weighted by Gasteiger charge is 2.24. The Kier molecular flexibility index (Phi) is 7.86. The van der Waals surface area contributed by atoms with Crippen molar-refractivity contribution in [2.75, 3.05) is 11.9 Å². The molecule has 0 unspecified atom stereocenters. The summed E-state index contributed by atoms with van der Waals surface area (Å²) in [6.07, 6.45) is 2.41. The normalized spacial score (nSPS) is 11.0. The van der Waals surface area contributed by atoms with Gasteiger partial charge in [-0.25, -0.2) is 14.8 Å². The maximum absolute atomic E-state index is 11.5. The Hall–Kier alpha value is -4.13. The monoisotopic (exact) mass is 546 g/mol. The van der Waals surface area contributed by atoms with Gasteiger partial charge in [-0.1, -0.05) is 42.2 Å². The van der Waals surface area contributed by atoms with Crippen LogP contribution in [0.5, 0.6) is 0 Å². The second-order valence-electron chi connectivity index (χ2n) is 9.58. The summed E-state index contributed by atoms with van der Waals surface area (Å²) in [6, 6.07) is 18.3. The molecule has 0 aliphatic heterocycles. The van der Waals surface area contributed by atoms with E-state index in [4.69, 9.17) is 0 Å². The Balaban J connectivity index is 0.00000336. The molecular weight excluding hydrogens is 520 g/mol. The summed E-state index contributed by atoms with van der Waals surface area (Å²) in [5, 5.41) is 18.5. The topological polar surface area (TPSA) is 96.2 Å². The minimum atomic E-state index is -0.988. The zero-order valence-electron chi connectivity index (χ0n) is 21.2. The number of carbonyl (C=O) groups is 1. The predicted molar refractivity (Wildman–Crippen MR) is 155 cm³/mol. The number of thiophene rings is 1. The molecule has 0 aliphatic carbocycles. The van der Waals surface area contributed by atoms with E-state index in [1.807, 2.05) is 62.0 Å². The maximum atomic E-state index is 11.5. The van der Waals surface area contributed by atoms with E-state index >= 15 is 0 Å². The second-order valence-corrected chi connectivity index (χ2v) is 10.6. The zero-order valence-corrected chi connectivity index (χ0v) is 22.8. The van der Waals surface area contributed by atoms with Crippen LogP contribution < -0.4 is 5.32 Å². The Morgan fingerprint density at radius 2 is 1.92 bits per heavy atom. The average Bonchev–Trinajstić information content (AvgIpc) is 3.46. The van der Waals surface area contributed by atoms with Gasteiger partial charge in [0.2, 0.25) is 0 Å². The quantitative estimate of drug-likeness (QED) is 0.248. The molecule has 0 fully saturated rings. The minimum absolute atomic E-state index is 0. The number of hydrogen-bond acceptors (Lipinski definition) is 6. The van der Waals surface area contributed by atoms with Crippen molar-refractivity contribution >= 4 is 62.5 Å². The number of halogens is 1. The first-order valence-electron chi connectivity index (χ1n) is 11.8. The number of fused-ring (bicyclic) bond motifs is 2. The van der Waals surface area contributed by atoms with Gasteiger partial charge in [0.1, 0.15) is 6.33 Å². The minimum Gasteiger partial charge on any atom is -0.465 e. The largest absolute Gasteiger partial charge is 0.465 e. The predicted octanol–water partition coefficient (Wildman–Crippen LogP) is 6.38. The summed E-state index contributed by atoms with van der Waals surface area (Å²) in [5.41, 5.74) is 3.41. The molecule has 194 valence electrons. The fraction of sp³-hybridized carbons (Fsp3) is 0.214. The third-order valence-corrected chi connectivity index (χ3v) is 6.93. The van der Waals surface area contributed by atoms with Gasteiger partial charge in [0.15, 0.2) is 5.82 Å². The van der Waals surface area contributed by atoms with Crippen LogP contribution in [0, 0.1) is 11.8 Å². The first-order valence-corrected chi connectivity index (χ1v) is 12.6. The van der Waals surface area contributed by atoms with Gasteiger partial charge in [-0.2, -0.15) is 5.10 Å². The smallest absolute Gasteiger partial charge is 0.408 e. The van der Waals surface area contributed by atoms with Gasteiger partial charge >= 0.3 is 6.09 Å². The van der Waals surface area contributed by atoms with Gasteiger partial charge in [0.05, 0.1) is 39.9 Å². The standard InChI is InChI=1S/C28H26N6O2S.ClH/c1-28(2,3)33(27(35)36)13-7-10-22-15-23-25(37-22)26(30-18-29-23)32-21-11-12-24-20(14-21)16-31-34(24)17-19-8-5-4-6-9-19;/h4-6,8-9,11-12,14-16,18H,13,17H2,1-3H3,(H,35,36)(H,29,30,32);1H. The Bertz CT molecular complexity index is 1650. The van der Waals surface area contributed by atoms with Crippen LogP contribution in [0.3, 0.4) is 0 Å². The summed E-state index contributed by atoms with van der Waals surface area (Å²) in [5.74, 6) is 6.77. The van der Waals surface area contributed by atoms with Crippen molar-refractivity contribution in [3.8, 4) is 11.8 Å². The van der Waals surface area contributed by atoms with Gasteiger partial charge in [-0.3, -0.25) is 9.58 Å². The summed E-state index contributed by atoms with van der Waals surface area (Å²) >= 11 is 1.48. The summed E-state index contributed by atoms with van der Waals surface area (Å²) in [4.78, 5) is 22.5. The molecule has 2 aromatic carbocycles. The van der Waals surface area contributed by atoms with E-state index in [0.717, 1.165) is 31.7 Å². The highest BCUT2D eigenvalue weighted by atomic mass is 35.5. The average molecular weight is 547 g/mol. The molecule has 0 aliphatic rings. The number of anilines is 2. The van der Waals surface area contributed by atoms with E-state index in [1.54, 1.807) is 0 Å². The van der Waals surface area contributed by atoms with Crippen LogP contribution in [-0.2, 0) is 6.54 Å². The van der Waals surface area contributed by atoms with Gasteiger partial charge in [-0.05, 0) is 50.6 Å². The van der Waals surface area contributed by atoms with Crippen LogP contribution in [0.4, 0.5) is 16.3 Å². The van der Waals surface area contributed by atoms with Crippen LogP contribution in [0.15, 0.2) is 67.1 Å². The molecule has 3 aromatic heterocycles. The third kappa shape index (κ3) is 5.88. The molecule has 3 heterocycles. The molecule has 0 spiro atoms. The van der Waals surface area contributed by atoms with Gasteiger partial charge in [0, 0.05) is 16.6 Å². The molecule has 8 nitrogen and oxygen atoms in total. The molecule has 5 aromatic rings. The first-order chi connectivity index (χ1) is 17.8. The lowest BCUT2D eigenvalue weighted by atomic mass is 10.1. The molecule has 0 saturated heterocycles. The Morgan fingerprint density at radius 1 is 1.13 bits per heavy atom. The van der Waals surface area contributed by atoms with Crippen LogP contribution in [0.1, 0.15) is 31.2 Å². The van der Waals surface area contributed by atoms with Crippen molar-refractivity contribution in [2.45, 2.75) is 32.9 Å². The number of benzene rings is 2. The summed E-state index contributed by atoms with van der Waals surface area (Å²) in [7, 11) is 0. The molecule has 1 amide bonds. The van der Waals surface area contributed by atoms with E-state index in [1.165, 1.54) is 28.1 Å². The van der Waals surface area contributed by atoms with E-state index in [0.29, 0.717) is 12.4 Å². The van der Waals surface area contributed by atoms with E-state index < -0.39 is 11.6 Å². The van der Waals surface area contributed by atoms with Gasteiger partial charge in [-0.15, -0.1) is 23.7 Å². The molecule has 5 rings (SSSR count). The molecule has 0 bridgehead atoms. The molecule has 2 N–H and O–H groups in total. The lowest BCUT2D eigenvalue weighted by Gasteiger charge is -2.31. The van der Waals surface area contributed by atoms with E-state index in [2.05, 4.69) is 56.5 Å². The first kappa shape index (κ1) is 26.9. The molecule has 0 atom stereocenters. The number of nitrogens with one attached hydrogen (secondary N) is 1. The van der Waals surface area contributed by atoms with Crippen molar-refractivity contribution in [3.05, 3.63) is 77.6 Å². The lowest BCUT2D eigenvalue weighted by Crippen LogP contribution is -2.45. The highest BCUT2D eigenvalue weighted by molar-refractivity contribution is 7.20. The van der Waals surface area contributed by atoms with Crippen LogP contribution >= 0.6 is 23.7 Å². The Labute approximate surface area is 230 Å². The van der Waals surface area contributed by atoms with Crippen molar-refractivity contribution < 1.29 is 9.90 Å². The van der Waals surface area contributed by atoms with Gasteiger partial charge < -0.3 is 10.4 Å². The zero-order chi connectivity index (χ0) is 26.0. The molecule has 0 saturated carbocycles. The summed E-state index contributed by atoms with van der Waals surface area (Å²) < 4.78 is 2.88. The SMILES string of the molecule is CC(C)(C)N(CC#Cc1cc2ncnc(Nc3ccc4c(cnn4Cc4ccccc4)c3)c2s1)C(=O)O.Cl. The van der Waals surface area contributed by atoms with Crippen LogP contribution in [0.2, 0.25) is 0 Å². The van der Waals surface area contributed by atoms with Crippen LogP contribution in [0.25, 0.3) is 21.1 Å². The summed E-state index contributed by atoms with van der Waals surface area (Å²) in [6.45, 7) is 6.38. The molecule has 38 heavy (non-hydrogen) atoms. The van der Waals surface area contributed by atoms with E-state index in [-0.39, 0.29) is 19.0 Å². The van der Waals surface area contributed by atoms with Crippen LogP contribution in [-0.4, -0.2) is 47.9 Å². The number of nitrogens with zero attached hydrogens (tertiary/aromatic N) is 5. The molecule has 10 heteroatoms. The second kappa shape index (κ2) is 11.1. The third-order valence-electron chi connectivity index (χ3n) is 5.88. The fourth-order valence-corrected chi connectivity index (χ4v) is 4.92. The number of hydrogen-bond donors (Lipinski definition) is 2. The fourth-order valence-electron chi connectivity index (χ4n) is 3.99. The number of rotatable bonds is 5. The van der Waals surface area contributed by atoms with Crippen molar-refractivity contribution in [3.63, 3.8) is 0 Å². The number of amides is 1. The molecule has 0 radical (unpaired) electrons. The van der Waals surface area contributed by atoms with E-state index in [9.17, 15) is 9.90 Å². The van der Waals surface area contributed by atoms with Gasteiger partial charge in [0.25, 0.3) is 0 Å². The highest BCUT2D eigenvalue weighted by Crippen LogP contribution is 2.31. The van der Waals surface area contributed by atoms with Crippen molar-refractivity contribution in [1.82, 2.24) is 24.6 Å². The lowest BCUT2D eigenvalue weighted by molar-refractivity contribution is 0.110. The Morgan fingerprint density at radius 3 is 2.66 bits per heavy atom. The number of aromatic nitrogens is 4. The van der Waals surface area contributed by atoms with Crippen molar-refractivity contribution in [1.29, 1.82) is 0 Å². The van der Waals surface area contributed by atoms with Crippen molar-refractivity contribution in [2.24, 2.45) is 0 Å². The molecular formula is C28H27ClN6O2S.